The van der Waals surface area contributed by atoms with Gasteiger partial charge in [-0.15, -0.1) is 0 Å². The summed E-state index contributed by atoms with van der Waals surface area (Å²) in [5.41, 5.74) is -8.63. The van der Waals surface area contributed by atoms with E-state index in [0.717, 1.165) is 13.8 Å². The van der Waals surface area contributed by atoms with Gasteiger partial charge in [0, 0.05) is 37.7 Å². The molecule has 15 heteroatoms. The molecule has 1 aliphatic heterocycles. The van der Waals surface area contributed by atoms with Gasteiger partial charge in [-0.1, -0.05) is 80.6 Å². The van der Waals surface area contributed by atoms with Gasteiger partial charge < -0.3 is 44.3 Å². The Kier molecular flexibility index (Phi) is 11.8. The second-order valence-corrected chi connectivity index (χ2v) is 18.0. The number of nitrogens with one attached hydrogen (secondary N) is 1. The van der Waals surface area contributed by atoms with E-state index in [-0.39, 0.29) is 35.3 Å². The number of benzene rings is 3. The summed E-state index contributed by atoms with van der Waals surface area (Å²) in [5.74, 6) is -6.90. The zero-order valence-electron chi connectivity index (χ0n) is 36.2. The first-order valence-corrected chi connectivity index (χ1v) is 20.8. The fourth-order valence-electron chi connectivity index (χ4n) is 10.5. The van der Waals surface area contributed by atoms with Crippen molar-refractivity contribution in [2.75, 3.05) is 6.61 Å². The highest BCUT2D eigenvalue weighted by atomic mass is 16.6. The quantitative estimate of drug-likeness (QED) is 0.128. The third-order valence-corrected chi connectivity index (χ3v) is 14.0. The fourth-order valence-corrected chi connectivity index (χ4v) is 10.5. The highest BCUT2D eigenvalue weighted by Crippen LogP contribution is 2.67. The molecule has 2 bridgehead atoms. The van der Waals surface area contributed by atoms with Crippen LogP contribution in [0.3, 0.4) is 0 Å². The minimum atomic E-state index is -2.41. The van der Waals surface area contributed by atoms with Crippen LogP contribution in [-0.2, 0) is 42.9 Å². The van der Waals surface area contributed by atoms with E-state index in [1.54, 1.807) is 99.6 Å². The number of Topliss-reactive ketones (excluding diaryl/α,β-unsaturated/α-hetero) is 1. The van der Waals surface area contributed by atoms with Gasteiger partial charge in [-0.05, 0) is 61.7 Å². The number of aliphatic hydroxyl groups is 3. The van der Waals surface area contributed by atoms with Crippen molar-refractivity contribution >= 4 is 35.6 Å². The van der Waals surface area contributed by atoms with Crippen molar-refractivity contribution in [3.63, 3.8) is 0 Å². The Hall–Kier alpha value is -5.74. The average molecular weight is 868 g/mol. The van der Waals surface area contributed by atoms with E-state index < -0.39 is 112 Å². The molecule has 1 unspecified atom stereocenters. The van der Waals surface area contributed by atoms with Crippen LogP contribution >= 0.6 is 0 Å². The van der Waals surface area contributed by atoms with Crippen molar-refractivity contribution in [1.29, 1.82) is 0 Å². The van der Waals surface area contributed by atoms with Crippen LogP contribution in [0, 0.1) is 16.7 Å². The van der Waals surface area contributed by atoms with Crippen LogP contribution in [0.5, 0.6) is 0 Å². The van der Waals surface area contributed by atoms with E-state index in [2.05, 4.69) is 5.32 Å². The summed E-state index contributed by atoms with van der Waals surface area (Å²) in [6.45, 7) is 9.55. The van der Waals surface area contributed by atoms with Crippen LogP contribution < -0.4 is 5.32 Å². The normalized spacial score (nSPS) is 32.7. The molecule has 4 N–H and O–H groups in total. The van der Waals surface area contributed by atoms with Crippen molar-refractivity contribution in [1.82, 2.24) is 5.32 Å². The van der Waals surface area contributed by atoms with E-state index in [4.69, 9.17) is 23.7 Å². The molecular formula is C48H53NO14. The molecule has 3 fully saturated rings. The Morgan fingerprint density at radius 1 is 0.794 bits per heavy atom. The van der Waals surface area contributed by atoms with Gasteiger partial charge >= 0.3 is 23.9 Å². The van der Waals surface area contributed by atoms with E-state index >= 15 is 4.79 Å². The molecular weight excluding hydrogens is 815 g/mol. The van der Waals surface area contributed by atoms with Gasteiger partial charge in [0.05, 0.1) is 35.6 Å². The minimum Gasteiger partial charge on any atom is -0.456 e. The molecule has 11 atom stereocenters. The van der Waals surface area contributed by atoms with E-state index in [0.29, 0.717) is 5.56 Å². The van der Waals surface area contributed by atoms with Gasteiger partial charge in [0.2, 0.25) is 0 Å². The average Bonchev–Trinajstić information content (AvgIpc) is 3.25. The number of hydrogen-bond acceptors (Lipinski definition) is 14. The maximum atomic E-state index is 15.6. The fraction of sp³-hybridized carbons (Fsp3) is 0.458. The number of aliphatic hydroxyl groups excluding tert-OH is 2. The summed E-state index contributed by atoms with van der Waals surface area (Å²) in [5, 5.41) is 40.5. The maximum absolute atomic E-state index is 15.6. The van der Waals surface area contributed by atoms with Crippen LogP contribution in [0.1, 0.15) is 93.6 Å². The van der Waals surface area contributed by atoms with Gasteiger partial charge in [-0.25, -0.2) is 9.59 Å². The second-order valence-electron chi connectivity index (χ2n) is 18.0. The lowest BCUT2D eigenvalue weighted by Crippen LogP contribution is -2.85. The summed E-state index contributed by atoms with van der Waals surface area (Å²) < 4.78 is 30.7. The van der Waals surface area contributed by atoms with Crippen LogP contribution in [0.2, 0.25) is 0 Å². The van der Waals surface area contributed by atoms with Gasteiger partial charge in [0.15, 0.2) is 23.6 Å². The van der Waals surface area contributed by atoms with Crippen LogP contribution in [0.4, 0.5) is 0 Å². The van der Waals surface area contributed by atoms with E-state index in [9.17, 15) is 39.3 Å². The highest BCUT2D eigenvalue weighted by Gasteiger charge is 2.81. The van der Waals surface area contributed by atoms with Gasteiger partial charge in [0.25, 0.3) is 5.91 Å². The number of ether oxygens (including phenoxy) is 5. The molecule has 1 saturated heterocycles. The zero-order chi connectivity index (χ0) is 45.9. The topological polar surface area (TPSA) is 221 Å². The molecule has 1 amide bonds. The standard InChI is InChI=1S/C48H53NO14/c1-26-32(61-43(57)36(53)35(29-17-11-8-12-18-29)49-41(55)30-19-13-9-14-20-30)23-47(58)40(62-42(56)31-21-15-10-16-22-31)38-46(7,39(54)37(60-27(2)50)34(26)44(47,4)5)33(52)24-45(6)48(38,25-59-45)63-28(3)51/h8-22,32-33,35-38,40,52-53,58H,23-25H2,1-7H3,(H,49,55)/t32?,33-,35-,36+,37+,38-,40-,45+,46+,47+,48+/m0/s1. The zero-order valence-corrected chi connectivity index (χ0v) is 36.2. The van der Waals surface area contributed by atoms with Crippen molar-refractivity contribution in [3.05, 3.63) is 119 Å². The third-order valence-electron chi connectivity index (χ3n) is 14.0. The summed E-state index contributed by atoms with van der Waals surface area (Å²) >= 11 is 0. The monoisotopic (exact) mass is 867 g/mol. The van der Waals surface area contributed by atoms with Crippen molar-refractivity contribution < 1.29 is 67.8 Å². The summed E-state index contributed by atoms with van der Waals surface area (Å²) in [7, 11) is 0. The Labute approximate surface area is 364 Å². The van der Waals surface area contributed by atoms with E-state index in [1.165, 1.54) is 26.0 Å². The molecule has 1 heterocycles. The molecule has 0 spiro atoms. The lowest BCUT2D eigenvalue weighted by atomic mass is 9.42. The SMILES string of the molecule is CC(=O)O[C@H]1C(=O)[C@]2(C)[C@@H](O)C[C@@]3(C)OC[C@@]3(OC(C)=O)[C@H]2[C@H](OC(=O)c2ccccc2)[C@]2(O)CC(OC(=O)[C@H](O)[C@@H](NC(=O)c3ccccc3)c3ccccc3)C(C)=C1C2(C)C. The largest absolute Gasteiger partial charge is 0.456 e. The first-order chi connectivity index (χ1) is 29.6. The third kappa shape index (κ3) is 7.34. The summed E-state index contributed by atoms with van der Waals surface area (Å²) in [6.07, 6.45) is -9.61. The van der Waals surface area contributed by atoms with Crippen LogP contribution in [0.15, 0.2) is 102 Å². The summed E-state index contributed by atoms with van der Waals surface area (Å²) in [4.78, 5) is 83.9. The van der Waals surface area contributed by atoms with Gasteiger partial charge in [-0.2, -0.15) is 0 Å². The minimum absolute atomic E-state index is 0.00639. The smallest absolute Gasteiger partial charge is 0.338 e. The molecule has 0 aromatic heterocycles. The number of ketones is 1. The number of carbonyl (C=O) groups excluding carboxylic acids is 6. The lowest BCUT2D eigenvalue weighted by molar-refractivity contribution is -0.383. The number of hydrogen-bond donors (Lipinski definition) is 4. The number of fused-ring (bicyclic) bond motifs is 5. The predicted octanol–water partition coefficient (Wildman–Crippen LogP) is 4.13. The van der Waals surface area contributed by atoms with Crippen LogP contribution in [0.25, 0.3) is 0 Å². The van der Waals surface area contributed by atoms with Crippen LogP contribution in [-0.4, -0.2) is 105 Å². The number of esters is 4. The molecule has 63 heavy (non-hydrogen) atoms. The van der Waals surface area contributed by atoms with Crippen molar-refractivity contribution in [3.8, 4) is 0 Å². The second kappa shape index (κ2) is 16.4. The molecule has 2 saturated carbocycles. The molecule has 4 aliphatic rings. The first kappa shape index (κ1) is 45.3. The molecule has 334 valence electrons. The van der Waals surface area contributed by atoms with Crippen molar-refractivity contribution in [2.24, 2.45) is 16.7 Å². The number of carbonyl (C=O) groups is 6. The molecule has 3 aliphatic carbocycles. The van der Waals surface area contributed by atoms with Gasteiger partial charge in [0.1, 0.15) is 23.4 Å². The van der Waals surface area contributed by atoms with Gasteiger partial charge in [-0.3, -0.25) is 19.2 Å². The maximum Gasteiger partial charge on any atom is 0.338 e. The molecule has 7 rings (SSSR count). The molecule has 3 aromatic rings. The molecule has 0 radical (unpaired) electrons. The Balaban J connectivity index is 1.40. The lowest BCUT2D eigenvalue weighted by Gasteiger charge is -2.70. The molecule has 3 aromatic carbocycles. The first-order valence-electron chi connectivity index (χ1n) is 20.8. The van der Waals surface area contributed by atoms with Crippen molar-refractivity contribution in [2.45, 2.75) is 115 Å². The highest BCUT2D eigenvalue weighted by molar-refractivity contribution is 5.96. The Morgan fingerprint density at radius 3 is 1.90 bits per heavy atom. The number of rotatable bonds is 10. The van der Waals surface area contributed by atoms with E-state index in [1.807, 2.05) is 0 Å². The Bertz CT molecular complexity index is 2330. The summed E-state index contributed by atoms with van der Waals surface area (Å²) in [6, 6.07) is 22.9. The Morgan fingerprint density at radius 2 is 1.37 bits per heavy atom. The predicted molar refractivity (Wildman–Crippen MR) is 222 cm³/mol. The molecule has 15 nitrogen and oxygen atoms in total. The number of amides is 1.